The van der Waals surface area contributed by atoms with Gasteiger partial charge in [-0.05, 0) is 6.92 Å². The molecular weight excluding hydrogens is 157 g/mol. The number of aromatic amines is 1. The summed E-state index contributed by atoms with van der Waals surface area (Å²) >= 11 is 0. The molecule has 1 N–H and O–H groups in total. The second-order valence-corrected chi connectivity index (χ2v) is 2.72. The molecular formula is C9H10LiN3. The molecule has 0 spiro atoms. The average Bonchev–Trinajstić information content (AvgIpc) is 2.58. The topological polar surface area (TPSA) is 41.6 Å². The molecule has 2 rings (SSSR count). The van der Waals surface area contributed by atoms with Gasteiger partial charge in [0.25, 0.3) is 0 Å². The Kier molecular flexibility index (Phi) is 3.30. The molecule has 3 nitrogen and oxygen atoms in total. The van der Waals surface area contributed by atoms with Gasteiger partial charge in [-0.15, -0.1) is 5.10 Å². The van der Waals surface area contributed by atoms with E-state index in [1.807, 2.05) is 12.1 Å². The van der Waals surface area contributed by atoms with E-state index >= 15 is 0 Å². The molecule has 0 bridgehead atoms. The average molecular weight is 167 g/mol. The van der Waals surface area contributed by atoms with Crippen molar-refractivity contribution in [1.29, 1.82) is 0 Å². The quantitative estimate of drug-likeness (QED) is 0.647. The number of nitrogens with one attached hydrogen (secondary N) is 1. The molecule has 0 aliphatic rings. The van der Waals surface area contributed by atoms with Crippen LogP contribution < -0.4 is 0 Å². The molecule has 13 heavy (non-hydrogen) atoms. The van der Waals surface area contributed by atoms with Crippen molar-refractivity contribution in [2.75, 3.05) is 0 Å². The molecule has 0 radical (unpaired) electrons. The molecule has 0 fully saturated rings. The van der Waals surface area contributed by atoms with Crippen molar-refractivity contribution in [3.63, 3.8) is 0 Å². The summed E-state index contributed by atoms with van der Waals surface area (Å²) in [4.78, 5) is 0. The summed E-state index contributed by atoms with van der Waals surface area (Å²) in [6, 6.07) is 8.19. The standard InChI is InChI=1S/C9H9N3.Li.H/c1-7-2-4-8(5-3-7)9-6-10-12-11-9;;/h2-6H,1H3,(H,10,11,12);;. The molecule has 1 heterocycles. The fourth-order valence-electron chi connectivity index (χ4n) is 1.07. The van der Waals surface area contributed by atoms with Gasteiger partial charge in [0.2, 0.25) is 0 Å². The summed E-state index contributed by atoms with van der Waals surface area (Å²) in [6.45, 7) is 2.06. The molecule has 0 atom stereocenters. The summed E-state index contributed by atoms with van der Waals surface area (Å²) in [5, 5.41) is 10.2. The Morgan fingerprint density at radius 2 is 1.85 bits per heavy atom. The number of hydrogen-bond donors (Lipinski definition) is 1. The van der Waals surface area contributed by atoms with Crippen LogP contribution in [-0.2, 0) is 0 Å². The Hall–Kier alpha value is -1.04. The first-order valence-electron chi connectivity index (χ1n) is 3.80. The predicted molar refractivity (Wildman–Crippen MR) is 53.7 cm³/mol. The van der Waals surface area contributed by atoms with Crippen LogP contribution in [0.25, 0.3) is 11.3 Å². The maximum absolute atomic E-state index is 3.91. The third-order valence-electron chi connectivity index (χ3n) is 1.76. The Morgan fingerprint density at radius 3 is 2.38 bits per heavy atom. The van der Waals surface area contributed by atoms with Gasteiger partial charge in [-0.2, -0.15) is 0 Å². The SMILES string of the molecule is Cc1ccc(-c2c[nH]nn2)cc1.[LiH]. The molecule has 4 heteroatoms. The van der Waals surface area contributed by atoms with E-state index in [0.717, 1.165) is 11.3 Å². The number of aryl methyl sites for hydroxylation is 1. The van der Waals surface area contributed by atoms with E-state index in [9.17, 15) is 0 Å². The molecule has 1 aromatic carbocycles. The fraction of sp³-hybridized carbons (Fsp3) is 0.111. The summed E-state index contributed by atoms with van der Waals surface area (Å²) < 4.78 is 0. The van der Waals surface area contributed by atoms with Crippen molar-refractivity contribution >= 4 is 18.9 Å². The number of hydrogen-bond acceptors (Lipinski definition) is 2. The van der Waals surface area contributed by atoms with Crippen LogP contribution in [-0.4, -0.2) is 34.3 Å². The zero-order chi connectivity index (χ0) is 8.39. The second-order valence-electron chi connectivity index (χ2n) is 2.72. The van der Waals surface area contributed by atoms with Crippen molar-refractivity contribution in [3.8, 4) is 11.3 Å². The number of rotatable bonds is 1. The minimum atomic E-state index is 0. The third-order valence-corrected chi connectivity index (χ3v) is 1.76. The van der Waals surface area contributed by atoms with Crippen LogP contribution in [0, 0.1) is 6.92 Å². The summed E-state index contributed by atoms with van der Waals surface area (Å²) in [5.74, 6) is 0. The number of H-pyrrole nitrogens is 1. The van der Waals surface area contributed by atoms with Crippen molar-refractivity contribution in [2.24, 2.45) is 0 Å². The van der Waals surface area contributed by atoms with Crippen LogP contribution in [0.2, 0.25) is 0 Å². The molecule has 0 aliphatic carbocycles. The zero-order valence-corrected chi connectivity index (χ0v) is 6.78. The minimum absolute atomic E-state index is 0. The van der Waals surface area contributed by atoms with Gasteiger partial charge in [-0.25, -0.2) is 0 Å². The molecule has 0 aliphatic heterocycles. The third kappa shape index (κ3) is 2.21. The van der Waals surface area contributed by atoms with Crippen LogP contribution in [0.5, 0.6) is 0 Å². The van der Waals surface area contributed by atoms with E-state index in [4.69, 9.17) is 0 Å². The van der Waals surface area contributed by atoms with Crippen LogP contribution >= 0.6 is 0 Å². The molecule has 2 aromatic rings. The van der Waals surface area contributed by atoms with Crippen LogP contribution in [0.3, 0.4) is 0 Å². The predicted octanol–water partition coefficient (Wildman–Crippen LogP) is 1.13. The first kappa shape index (κ1) is 10.0. The van der Waals surface area contributed by atoms with Crippen molar-refractivity contribution in [1.82, 2.24) is 15.4 Å². The monoisotopic (exact) mass is 167 g/mol. The summed E-state index contributed by atoms with van der Waals surface area (Å²) in [5.41, 5.74) is 3.23. The van der Waals surface area contributed by atoms with Gasteiger partial charge < -0.3 is 0 Å². The molecule has 62 valence electrons. The van der Waals surface area contributed by atoms with Gasteiger partial charge >= 0.3 is 18.9 Å². The molecule has 0 saturated carbocycles. The molecule has 1 aromatic heterocycles. The summed E-state index contributed by atoms with van der Waals surface area (Å²) in [7, 11) is 0. The van der Waals surface area contributed by atoms with E-state index in [1.54, 1.807) is 6.20 Å². The van der Waals surface area contributed by atoms with Crippen LogP contribution in [0.1, 0.15) is 5.56 Å². The molecule has 0 unspecified atom stereocenters. The first-order chi connectivity index (χ1) is 5.86. The van der Waals surface area contributed by atoms with Gasteiger partial charge in [0.1, 0.15) is 5.69 Å². The van der Waals surface area contributed by atoms with Gasteiger partial charge in [-0.3, -0.25) is 5.10 Å². The van der Waals surface area contributed by atoms with Crippen molar-refractivity contribution in [2.45, 2.75) is 6.92 Å². The molecule has 0 saturated heterocycles. The first-order valence-corrected chi connectivity index (χ1v) is 3.80. The summed E-state index contributed by atoms with van der Waals surface area (Å²) in [6.07, 6.45) is 1.78. The van der Waals surface area contributed by atoms with Crippen LogP contribution in [0.15, 0.2) is 30.5 Å². The van der Waals surface area contributed by atoms with Gasteiger partial charge in [0.15, 0.2) is 0 Å². The van der Waals surface area contributed by atoms with E-state index in [1.165, 1.54) is 5.56 Å². The molecule has 0 amide bonds. The number of nitrogens with zero attached hydrogens (tertiary/aromatic N) is 2. The van der Waals surface area contributed by atoms with E-state index < -0.39 is 0 Å². The Balaban J connectivity index is 0.000000845. The zero-order valence-electron chi connectivity index (χ0n) is 6.78. The van der Waals surface area contributed by atoms with Crippen LogP contribution in [0.4, 0.5) is 0 Å². The van der Waals surface area contributed by atoms with Crippen molar-refractivity contribution < 1.29 is 0 Å². The number of aromatic nitrogens is 3. The maximum atomic E-state index is 3.91. The van der Waals surface area contributed by atoms with E-state index in [0.29, 0.717) is 0 Å². The second kappa shape index (κ2) is 4.27. The Labute approximate surface area is 88.7 Å². The normalized spacial score (nSPS) is 9.31. The number of benzene rings is 1. The van der Waals surface area contributed by atoms with Gasteiger partial charge in [-0.1, -0.05) is 35.0 Å². The fourth-order valence-corrected chi connectivity index (χ4v) is 1.07. The van der Waals surface area contributed by atoms with Gasteiger partial charge in [0.05, 0.1) is 0 Å². The van der Waals surface area contributed by atoms with Crippen molar-refractivity contribution in [3.05, 3.63) is 36.0 Å². The van der Waals surface area contributed by atoms with E-state index in [-0.39, 0.29) is 18.9 Å². The Morgan fingerprint density at radius 1 is 1.15 bits per heavy atom. The van der Waals surface area contributed by atoms with E-state index in [2.05, 4.69) is 34.5 Å². The van der Waals surface area contributed by atoms with Gasteiger partial charge in [0, 0.05) is 11.8 Å². The Bertz CT molecular complexity index is 353.